The summed E-state index contributed by atoms with van der Waals surface area (Å²) in [5.41, 5.74) is 0.871. The fourth-order valence-electron chi connectivity index (χ4n) is 1.92. The molecule has 0 saturated heterocycles. The third kappa shape index (κ3) is 4.06. The number of allylic oxidation sites excluding steroid dienone is 1. The molecule has 0 bridgehead atoms. The van der Waals surface area contributed by atoms with Gasteiger partial charge in [-0.05, 0) is 35.9 Å². The van der Waals surface area contributed by atoms with Gasteiger partial charge in [0.15, 0.2) is 0 Å². The van der Waals surface area contributed by atoms with Crippen LogP contribution in [0.15, 0.2) is 57.8 Å². The zero-order chi connectivity index (χ0) is 16.7. The van der Waals surface area contributed by atoms with E-state index in [1.54, 1.807) is 20.3 Å². The second kappa shape index (κ2) is 7.93. The second-order valence-corrected chi connectivity index (χ2v) is 5.52. The van der Waals surface area contributed by atoms with E-state index in [0.717, 1.165) is 26.9 Å². The van der Waals surface area contributed by atoms with Crippen molar-refractivity contribution >= 4 is 17.8 Å². The van der Waals surface area contributed by atoms with Crippen molar-refractivity contribution in [3.05, 3.63) is 53.6 Å². The Morgan fingerprint density at radius 1 is 1.00 bits per heavy atom. The average Bonchev–Trinajstić information content (AvgIpc) is 2.60. The SMILES string of the molecule is COc1ccc(OC)c(Sc2ccccc2C=C(C#N)C#N)c1. The minimum Gasteiger partial charge on any atom is -0.497 e. The largest absolute Gasteiger partial charge is 0.497 e. The Bertz CT molecular complexity index is 801. The van der Waals surface area contributed by atoms with Gasteiger partial charge in [-0.2, -0.15) is 10.5 Å². The molecule has 0 aliphatic carbocycles. The molecular formula is C18H14N2O2S. The van der Waals surface area contributed by atoms with E-state index in [2.05, 4.69) is 0 Å². The first-order chi connectivity index (χ1) is 11.2. The summed E-state index contributed by atoms with van der Waals surface area (Å²) in [6, 6.07) is 16.9. The molecular weight excluding hydrogens is 308 g/mol. The van der Waals surface area contributed by atoms with Gasteiger partial charge in [-0.25, -0.2) is 0 Å². The molecule has 5 heteroatoms. The Morgan fingerprint density at radius 2 is 1.74 bits per heavy atom. The highest BCUT2D eigenvalue weighted by Crippen LogP contribution is 2.39. The minimum absolute atomic E-state index is 0.0654. The molecule has 0 radical (unpaired) electrons. The van der Waals surface area contributed by atoms with Crippen molar-refractivity contribution in [1.82, 2.24) is 0 Å². The van der Waals surface area contributed by atoms with Gasteiger partial charge in [0.25, 0.3) is 0 Å². The fraction of sp³-hybridized carbons (Fsp3) is 0.111. The molecule has 23 heavy (non-hydrogen) atoms. The maximum absolute atomic E-state index is 8.93. The normalized spacial score (nSPS) is 9.39. The molecule has 2 aromatic carbocycles. The van der Waals surface area contributed by atoms with E-state index in [4.69, 9.17) is 20.0 Å². The Labute approximate surface area is 139 Å². The zero-order valence-electron chi connectivity index (χ0n) is 12.7. The maximum atomic E-state index is 8.93. The van der Waals surface area contributed by atoms with Crippen molar-refractivity contribution in [2.24, 2.45) is 0 Å². The van der Waals surface area contributed by atoms with Crippen molar-refractivity contribution in [2.45, 2.75) is 9.79 Å². The van der Waals surface area contributed by atoms with Gasteiger partial charge in [0.2, 0.25) is 0 Å². The van der Waals surface area contributed by atoms with Crippen LogP contribution >= 0.6 is 11.8 Å². The molecule has 0 heterocycles. The first-order valence-electron chi connectivity index (χ1n) is 6.72. The molecule has 0 aliphatic heterocycles. The highest BCUT2D eigenvalue weighted by atomic mass is 32.2. The fourth-order valence-corrected chi connectivity index (χ4v) is 2.98. The Kier molecular flexibility index (Phi) is 5.68. The van der Waals surface area contributed by atoms with E-state index in [-0.39, 0.29) is 5.57 Å². The summed E-state index contributed by atoms with van der Waals surface area (Å²) in [7, 11) is 3.22. The minimum atomic E-state index is 0.0654. The van der Waals surface area contributed by atoms with Crippen LogP contribution in [0.1, 0.15) is 5.56 Å². The Balaban J connectivity index is 2.44. The Hall–Kier alpha value is -2.89. The third-order valence-corrected chi connectivity index (χ3v) is 4.18. The number of benzene rings is 2. The van der Waals surface area contributed by atoms with Crippen molar-refractivity contribution in [3.63, 3.8) is 0 Å². The molecule has 0 spiro atoms. The van der Waals surface area contributed by atoms with Crippen LogP contribution in [0.25, 0.3) is 6.08 Å². The molecule has 0 unspecified atom stereocenters. The van der Waals surface area contributed by atoms with Gasteiger partial charge in [0, 0.05) is 4.90 Å². The van der Waals surface area contributed by atoms with E-state index in [0.29, 0.717) is 0 Å². The second-order valence-electron chi connectivity index (χ2n) is 4.44. The molecule has 0 aromatic heterocycles. The van der Waals surface area contributed by atoms with E-state index >= 15 is 0 Å². The van der Waals surface area contributed by atoms with Gasteiger partial charge < -0.3 is 9.47 Å². The van der Waals surface area contributed by atoms with Gasteiger partial charge in [0.1, 0.15) is 29.2 Å². The van der Waals surface area contributed by atoms with Crippen LogP contribution in [0.2, 0.25) is 0 Å². The van der Waals surface area contributed by atoms with Crippen LogP contribution in [0.4, 0.5) is 0 Å². The summed E-state index contributed by atoms with van der Waals surface area (Å²) in [5, 5.41) is 17.9. The average molecular weight is 322 g/mol. The first kappa shape index (κ1) is 16.5. The van der Waals surface area contributed by atoms with Crippen LogP contribution in [-0.4, -0.2) is 14.2 Å². The summed E-state index contributed by atoms with van der Waals surface area (Å²) in [5.74, 6) is 1.46. The van der Waals surface area contributed by atoms with Crippen molar-refractivity contribution in [3.8, 4) is 23.6 Å². The van der Waals surface area contributed by atoms with Crippen molar-refractivity contribution < 1.29 is 9.47 Å². The summed E-state index contributed by atoms with van der Waals surface area (Å²) < 4.78 is 10.6. The number of nitriles is 2. The lowest BCUT2D eigenvalue weighted by Crippen LogP contribution is -1.89. The summed E-state index contributed by atoms with van der Waals surface area (Å²) in [6.45, 7) is 0. The molecule has 2 aromatic rings. The quantitative estimate of drug-likeness (QED) is 0.768. The number of hydrogen-bond acceptors (Lipinski definition) is 5. The molecule has 2 rings (SSSR count). The van der Waals surface area contributed by atoms with E-state index < -0.39 is 0 Å². The maximum Gasteiger partial charge on any atom is 0.133 e. The number of rotatable bonds is 5. The Morgan fingerprint density at radius 3 is 2.39 bits per heavy atom. The molecule has 0 N–H and O–H groups in total. The summed E-state index contributed by atoms with van der Waals surface area (Å²) >= 11 is 1.49. The highest BCUT2D eigenvalue weighted by molar-refractivity contribution is 7.99. The first-order valence-corrected chi connectivity index (χ1v) is 7.54. The summed E-state index contributed by atoms with van der Waals surface area (Å²) in [4.78, 5) is 1.81. The number of methoxy groups -OCH3 is 2. The van der Waals surface area contributed by atoms with Crippen LogP contribution < -0.4 is 9.47 Å². The highest BCUT2D eigenvalue weighted by Gasteiger charge is 2.10. The van der Waals surface area contributed by atoms with E-state index in [1.165, 1.54) is 11.8 Å². The lowest BCUT2D eigenvalue weighted by molar-refractivity contribution is 0.394. The number of ether oxygens (including phenoxy) is 2. The van der Waals surface area contributed by atoms with E-state index in [1.807, 2.05) is 54.6 Å². The van der Waals surface area contributed by atoms with Gasteiger partial charge in [-0.3, -0.25) is 0 Å². The molecule has 0 fully saturated rings. The topological polar surface area (TPSA) is 66.0 Å². The van der Waals surface area contributed by atoms with Gasteiger partial charge >= 0.3 is 0 Å². The standard InChI is InChI=1S/C18H14N2O2S/c1-21-15-7-8-16(22-2)18(10-15)23-17-6-4-3-5-14(17)9-13(11-19)12-20/h3-10H,1-2H3. The van der Waals surface area contributed by atoms with Gasteiger partial charge in [-0.15, -0.1) is 0 Å². The molecule has 0 amide bonds. The molecule has 114 valence electrons. The van der Waals surface area contributed by atoms with Crippen LogP contribution in [-0.2, 0) is 0 Å². The number of hydrogen-bond donors (Lipinski definition) is 0. The van der Waals surface area contributed by atoms with Crippen molar-refractivity contribution in [2.75, 3.05) is 14.2 Å². The van der Waals surface area contributed by atoms with Gasteiger partial charge in [-0.1, -0.05) is 30.0 Å². The smallest absolute Gasteiger partial charge is 0.133 e. The number of nitrogens with zero attached hydrogens (tertiary/aromatic N) is 2. The molecule has 0 saturated carbocycles. The van der Waals surface area contributed by atoms with E-state index in [9.17, 15) is 0 Å². The monoisotopic (exact) mass is 322 g/mol. The molecule has 0 atom stereocenters. The summed E-state index contributed by atoms with van der Waals surface area (Å²) in [6.07, 6.45) is 1.58. The predicted molar refractivity (Wildman–Crippen MR) is 89.3 cm³/mol. The van der Waals surface area contributed by atoms with Crippen LogP contribution in [0.3, 0.4) is 0 Å². The lowest BCUT2D eigenvalue weighted by atomic mass is 10.1. The predicted octanol–water partition coefficient (Wildman–Crippen LogP) is 4.29. The molecule has 4 nitrogen and oxygen atoms in total. The third-order valence-electron chi connectivity index (χ3n) is 3.05. The van der Waals surface area contributed by atoms with Crippen LogP contribution in [0, 0.1) is 22.7 Å². The van der Waals surface area contributed by atoms with Crippen molar-refractivity contribution in [1.29, 1.82) is 10.5 Å². The van der Waals surface area contributed by atoms with Gasteiger partial charge in [0.05, 0.1) is 19.1 Å². The molecule has 0 aliphatic rings. The lowest BCUT2D eigenvalue weighted by Gasteiger charge is -2.11. The zero-order valence-corrected chi connectivity index (χ0v) is 13.6. The van der Waals surface area contributed by atoms with Crippen LogP contribution in [0.5, 0.6) is 11.5 Å².